The normalized spacial score (nSPS) is 15.8. The van der Waals surface area contributed by atoms with Gasteiger partial charge < -0.3 is 16.0 Å². The van der Waals surface area contributed by atoms with Crippen LogP contribution in [0.5, 0.6) is 0 Å². The molecule has 2 rings (SSSR count). The quantitative estimate of drug-likeness (QED) is 0.651. The number of hydrogen-bond acceptors (Lipinski definition) is 4. The molecule has 2 heterocycles. The van der Waals surface area contributed by atoms with E-state index in [2.05, 4.69) is 10.3 Å². The second-order valence-electron chi connectivity index (χ2n) is 3.52. The van der Waals surface area contributed by atoms with Gasteiger partial charge in [0, 0.05) is 19.3 Å². The summed E-state index contributed by atoms with van der Waals surface area (Å²) in [5.74, 6) is -0.456. The lowest BCUT2D eigenvalue weighted by Gasteiger charge is -2.26. The number of carbonyl (C=O) groups is 2. The zero-order valence-corrected chi connectivity index (χ0v) is 8.64. The highest BCUT2D eigenvalue weighted by Gasteiger charge is 2.24. The lowest BCUT2D eigenvalue weighted by molar-refractivity contribution is -0.123. The molecule has 1 saturated heterocycles. The fourth-order valence-corrected chi connectivity index (χ4v) is 1.56. The van der Waals surface area contributed by atoms with Crippen molar-refractivity contribution in [3.8, 4) is 0 Å². The van der Waals surface area contributed by atoms with Crippen LogP contribution in [0.1, 0.15) is 10.5 Å². The summed E-state index contributed by atoms with van der Waals surface area (Å²) < 4.78 is 0. The molecule has 3 N–H and O–H groups in total. The molecule has 0 aromatic carbocycles. The Bertz CT molecular complexity index is 433. The van der Waals surface area contributed by atoms with Crippen molar-refractivity contribution in [3.05, 3.63) is 24.0 Å². The third-order valence-corrected chi connectivity index (χ3v) is 2.37. The van der Waals surface area contributed by atoms with E-state index in [9.17, 15) is 9.59 Å². The standard InChI is InChI=1S/C10H12N4O2/c11-7-2-1-3-13-9(7)10(16)14-5-4-12-8(15)6-14/h1-3H,4-6,11H2,(H,12,15). The first-order valence-electron chi connectivity index (χ1n) is 4.95. The lowest BCUT2D eigenvalue weighted by atomic mass is 10.2. The Kier molecular flexibility index (Phi) is 2.72. The van der Waals surface area contributed by atoms with Gasteiger partial charge in [-0.2, -0.15) is 0 Å². The molecule has 16 heavy (non-hydrogen) atoms. The molecule has 0 atom stereocenters. The summed E-state index contributed by atoms with van der Waals surface area (Å²) in [5.41, 5.74) is 6.19. The molecule has 84 valence electrons. The minimum absolute atomic E-state index is 0.0643. The van der Waals surface area contributed by atoms with Crippen LogP contribution in [0.15, 0.2) is 18.3 Å². The van der Waals surface area contributed by atoms with Gasteiger partial charge in [-0.3, -0.25) is 9.59 Å². The number of nitrogens with one attached hydrogen (secondary N) is 1. The number of hydrogen-bond donors (Lipinski definition) is 2. The zero-order valence-electron chi connectivity index (χ0n) is 8.64. The Hall–Kier alpha value is -2.11. The molecule has 6 nitrogen and oxygen atoms in total. The number of nitrogen functional groups attached to an aromatic ring is 1. The van der Waals surface area contributed by atoms with Gasteiger partial charge in [0.15, 0.2) is 5.69 Å². The Morgan fingerprint density at radius 3 is 3.06 bits per heavy atom. The highest BCUT2D eigenvalue weighted by molar-refractivity contribution is 5.99. The maximum Gasteiger partial charge on any atom is 0.275 e. The second kappa shape index (κ2) is 4.18. The van der Waals surface area contributed by atoms with Crippen LogP contribution in [-0.4, -0.2) is 41.3 Å². The third-order valence-electron chi connectivity index (χ3n) is 2.37. The number of nitrogens with two attached hydrogens (primary N) is 1. The van der Waals surface area contributed by atoms with Gasteiger partial charge in [0.1, 0.15) is 0 Å². The van der Waals surface area contributed by atoms with E-state index >= 15 is 0 Å². The van der Waals surface area contributed by atoms with E-state index in [0.717, 1.165) is 0 Å². The van der Waals surface area contributed by atoms with Crippen LogP contribution in [-0.2, 0) is 4.79 Å². The smallest absolute Gasteiger partial charge is 0.275 e. The molecule has 1 aliphatic rings. The highest BCUT2D eigenvalue weighted by Crippen LogP contribution is 2.10. The predicted octanol–water partition coefficient (Wildman–Crippen LogP) is -0.764. The van der Waals surface area contributed by atoms with E-state index in [1.54, 1.807) is 12.1 Å². The second-order valence-corrected chi connectivity index (χ2v) is 3.52. The number of pyridine rings is 1. The van der Waals surface area contributed by atoms with Crippen LogP contribution >= 0.6 is 0 Å². The fraction of sp³-hybridized carbons (Fsp3) is 0.300. The van der Waals surface area contributed by atoms with Gasteiger partial charge in [-0.25, -0.2) is 4.98 Å². The summed E-state index contributed by atoms with van der Waals surface area (Å²) in [6.07, 6.45) is 1.51. The summed E-state index contributed by atoms with van der Waals surface area (Å²) in [4.78, 5) is 28.5. The molecule has 1 aromatic rings. The Morgan fingerprint density at radius 1 is 1.56 bits per heavy atom. The third kappa shape index (κ3) is 1.95. The number of amides is 2. The summed E-state index contributed by atoms with van der Waals surface area (Å²) >= 11 is 0. The van der Waals surface area contributed by atoms with Gasteiger partial charge in [0.25, 0.3) is 5.91 Å². The van der Waals surface area contributed by atoms with Crippen LogP contribution in [0.4, 0.5) is 5.69 Å². The minimum Gasteiger partial charge on any atom is -0.397 e. The number of nitrogens with zero attached hydrogens (tertiary/aromatic N) is 2. The average Bonchev–Trinajstić information content (AvgIpc) is 2.29. The molecule has 0 aliphatic carbocycles. The van der Waals surface area contributed by atoms with Crippen molar-refractivity contribution in [2.75, 3.05) is 25.4 Å². The monoisotopic (exact) mass is 220 g/mol. The van der Waals surface area contributed by atoms with E-state index in [1.807, 2.05) is 0 Å². The van der Waals surface area contributed by atoms with Crippen molar-refractivity contribution in [1.82, 2.24) is 15.2 Å². The van der Waals surface area contributed by atoms with Gasteiger partial charge >= 0.3 is 0 Å². The summed E-state index contributed by atoms with van der Waals surface area (Å²) in [6, 6.07) is 3.28. The Balaban J connectivity index is 2.19. The molecule has 0 saturated carbocycles. The fourth-order valence-electron chi connectivity index (χ4n) is 1.56. The van der Waals surface area contributed by atoms with E-state index in [0.29, 0.717) is 18.8 Å². The maximum absolute atomic E-state index is 12.0. The van der Waals surface area contributed by atoms with Crippen LogP contribution in [0.25, 0.3) is 0 Å². The predicted molar refractivity (Wildman–Crippen MR) is 57.6 cm³/mol. The van der Waals surface area contributed by atoms with Crippen molar-refractivity contribution in [2.24, 2.45) is 0 Å². The van der Waals surface area contributed by atoms with Gasteiger partial charge in [-0.1, -0.05) is 0 Å². The van der Waals surface area contributed by atoms with Crippen LogP contribution in [0.3, 0.4) is 0 Å². The number of aromatic nitrogens is 1. The summed E-state index contributed by atoms with van der Waals surface area (Å²) in [5, 5.41) is 2.65. The van der Waals surface area contributed by atoms with Gasteiger partial charge in [-0.15, -0.1) is 0 Å². The van der Waals surface area contributed by atoms with E-state index in [-0.39, 0.29) is 24.1 Å². The Labute approximate surface area is 92.4 Å². The topological polar surface area (TPSA) is 88.3 Å². The molecule has 0 unspecified atom stereocenters. The molecule has 1 aromatic heterocycles. The number of piperazine rings is 1. The van der Waals surface area contributed by atoms with Crippen molar-refractivity contribution >= 4 is 17.5 Å². The largest absolute Gasteiger partial charge is 0.397 e. The molecule has 6 heteroatoms. The molecule has 1 fully saturated rings. The first kappa shape index (κ1) is 10.4. The van der Waals surface area contributed by atoms with Gasteiger partial charge in [0.2, 0.25) is 5.91 Å². The minimum atomic E-state index is -0.298. The summed E-state index contributed by atoms with van der Waals surface area (Å²) in [7, 11) is 0. The van der Waals surface area contributed by atoms with Crippen molar-refractivity contribution in [1.29, 1.82) is 0 Å². The van der Waals surface area contributed by atoms with E-state index < -0.39 is 0 Å². The number of anilines is 1. The van der Waals surface area contributed by atoms with Crippen LogP contribution in [0, 0.1) is 0 Å². The van der Waals surface area contributed by atoms with Crippen LogP contribution in [0.2, 0.25) is 0 Å². The van der Waals surface area contributed by atoms with Crippen molar-refractivity contribution < 1.29 is 9.59 Å². The molecular formula is C10H12N4O2. The SMILES string of the molecule is Nc1cccnc1C(=O)N1CCNC(=O)C1. The zero-order chi connectivity index (χ0) is 11.5. The number of rotatable bonds is 1. The van der Waals surface area contributed by atoms with Gasteiger partial charge in [0.05, 0.1) is 12.2 Å². The highest BCUT2D eigenvalue weighted by atomic mass is 16.2. The molecule has 1 aliphatic heterocycles. The molecule has 2 amide bonds. The van der Waals surface area contributed by atoms with E-state index in [1.165, 1.54) is 11.1 Å². The van der Waals surface area contributed by atoms with Crippen LogP contribution < -0.4 is 11.1 Å². The molecule has 0 spiro atoms. The lowest BCUT2D eigenvalue weighted by Crippen LogP contribution is -2.50. The molecular weight excluding hydrogens is 208 g/mol. The first-order chi connectivity index (χ1) is 7.68. The van der Waals surface area contributed by atoms with Gasteiger partial charge in [-0.05, 0) is 12.1 Å². The maximum atomic E-state index is 12.0. The summed E-state index contributed by atoms with van der Waals surface area (Å²) in [6.45, 7) is 1.02. The number of carbonyl (C=O) groups excluding carboxylic acids is 2. The average molecular weight is 220 g/mol. The molecule has 0 bridgehead atoms. The van der Waals surface area contributed by atoms with E-state index in [4.69, 9.17) is 5.73 Å². The first-order valence-corrected chi connectivity index (χ1v) is 4.95. The van der Waals surface area contributed by atoms with Crippen molar-refractivity contribution in [2.45, 2.75) is 0 Å². The Morgan fingerprint density at radius 2 is 2.38 bits per heavy atom. The molecule has 0 radical (unpaired) electrons. The van der Waals surface area contributed by atoms with Crippen molar-refractivity contribution in [3.63, 3.8) is 0 Å².